The molecule has 0 aliphatic heterocycles. The molecule has 9 heteroatoms. The smallest absolute Gasteiger partial charge is 0.274 e. The quantitative estimate of drug-likeness (QED) is 0.438. The fourth-order valence-corrected chi connectivity index (χ4v) is 4.54. The largest absolute Gasteiger partial charge is 0.320 e. The molecule has 1 N–H and O–H groups in total. The van der Waals surface area contributed by atoms with Crippen LogP contribution in [-0.4, -0.2) is 25.1 Å². The highest BCUT2D eigenvalue weighted by Crippen LogP contribution is 2.30. The van der Waals surface area contributed by atoms with Crippen molar-refractivity contribution in [2.24, 2.45) is 5.92 Å². The predicted octanol–water partition coefficient (Wildman–Crippen LogP) is 4.15. The summed E-state index contributed by atoms with van der Waals surface area (Å²) in [4.78, 5) is 35.4. The maximum atomic E-state index is 12.6. The molecule has 4 rings (SSSR count). The van der Waals surface area contributed by atoms with Crippen molar-refractivity contribution in [3.05, 3.63) is 75.1 Å². The first-order valence-corrected chi connectivity index (χ1v) is 11.4. The molecule has 7 nitrogen and oxygen atoms in total. The van der Waals surface area contributed by atoms with Gasteiger partial charge in [-0.1, -0.05) is 32.0 Å². The monoisotopic (exact) mass is 439 g/mol. The van der Waals surface area contributed by atoms with Gasteiger partial charge in [-0.05, 0) is 29.5 Å². The number of thiophene rings is 1. The van der Waals surface area contributed by atoms with Crippen molar-refractivity contribution in [3.8, 4) is 0 Å². The molecule has 1 amide bonds. The summed E-state index contributed by atoms with van der Waals surface area (Å²) in [5, 5.41) is 4.83. The van der Waals surface area contributed by atoms with Crippen LogP contribution in [0, 0.1) is 5.92 Å². The number of hydrogen-bond donors (Lipinski definition) is 1. The fourth-order valence-electron chi connectivity index (χ4n) is 3.02. The van der Waals surface area contributed by atoms with Gasteiger partial charge in [-0.25, -0.2) is 4.98 Å². The third kappa shape index (κ3) is 4.47. The van der Waals surface area contributed by atoms with Gasteiger partial charge in [0.05, 0.1) is 16.3 Å². The van der Waals surface area contributed by atoms with Crippen molar-refractivity contribution in [2.75, 3.05) is 5.32 Å². The van der Waals surface area contributed by atoms with Gasteiger partial charge in [0.2, 0.25) is 0 Å². The molecule has 0 aliphatic rings. The number of benzene rings is 1. The van der Waals surface area contributed by atoms with Crippen LogP contribution in [0.1, 0.15) is 29.2 Å². The molecule has 0 unspecified atom stereocenters. The highest BCUT2D eigenvalue weighted by molar-refractivity contribution is 7.98. The standard InChI is InChI=1S/C21H21N5O2S2/c1-14(2)11-25-13-22-21-23-15(10-19(27)26(21)25)12-30-17-7-4-3-6-16(17)24-20(28)18-8-5-9-29-18/h3-10,13-14H,11-12H2,1-2H3,(H,24,28). The molecule has 0 aliphatic carbocycles. The Bertz CT molecular complexity index is 1230. The molecular formula is C21H21N5O2S2. The first-order chi connectivity index (χ1) is 14.5. The maximum absolute atomic E-state index is 12.6. The number of aromatic nitrogens is 4. The minimum atomic E-state index is -0.145. The van der Waals surface area contributed by atoms with Crippen LogP contribution in [0.2, 0.25) is 0 Å². The molecule has 0 saturated heterocycles. The first-order valence-electron chi connectivity index (χ1n) is 9.52. The molecule has 3 heterocycles. The summed E-state index contributed by atoms with van der Waals surface area (Å²) in [6.07, 6.45) is 1.65. The Morgan fingerprint density at radius 1 is 1.23 bits per heavy atom. The third-order valence-electron chi connectivity index (χ3n) is 4.30. The van der Waals surface area contributed by atoms with E-state index in [1.54, 1.807) is 23.1 Å². The van der Waals surface area contributed by atoms with Crippen LogP contribution < -0.4 is 10.9 Å². The van der Waals surface area contributed by atoms with Crippen molar-refractivity contribution in [1.82, 2.24) is 19.2 Å². The summed E-state index contributed by atoms with van der Waals surface area (Å²) < 4.78 is 3.30. The van der Waals surface area contributed by atoms with E-state index in [0.717, 1.165) is 10.6 Å². The lowest BCUT2D eigenvalue weighted by Gasteiger charge is -2.10. The second kappa shape index (κ2) is 8.85. The molecule has 0 atom stereocenters. The van der Waals surface area contributed by atoms with Crippen molar-refractivity contribution in [3.63, 3.8) is 0 Å². The van der Waals surface area contributed by atoms with Gasteiger partial charge in [0.25, 0.3) is 17.2 Å². The molecule has 0 saturated carbocycles. The molecule has 0 radical (unpaired) electrons. The molecule has 3 aromatic heterocycles. The van der Waals surface area contributed by atoms with E-state index in [1.807, 2.05) is 35.7 Å². The van der Waals surface area contributed by atoms with Crippen LogP contribution >= 0.6 is 23.1 Å². The average Bonchev–Trinajstić information content (AvgIpc) is 3.38. The number of anilines is 1. The van der Waals surface area contributed by atoms with E-state index in [0.29, 0.717) is 34.6 Å². The number of hydrogen-bond acceptors (Lipinski definition) is 6. The number of carbonyl (C=O) groups excluding carboxylic acids is 1. The summed E-state index contributed by atoms with van der Waals surface area (Å²) in [6, 6.07) is 12.8. The third-order valence-corrected chi connectivity index (χ3v) is 6.28. The number of thioether (sulfide) groups is 1. The minimum Gasteiger partial charge on any atom is -0.320 e. The predicted molar refractivity (Wildman–Crippen MR) is 120 cm³/mol. The topological polar surface area (TPSA) is 81.3 Å². The number of nitrogens with one attached hydrogen (secondary N) is 1. The fraction of sp³-hybridized carbons (Fsp3) is 0.238. The minimum absolute atomic E-state index is 0.133. The van der Waals surface area contributed by atoms with E-state index in [1.165, 1.54) is 27.6 Å². The van der Waals surface area contributed by atoms with Gasteiger partial charge < -0.3 is 5.32 Å². The summed E-state index contributed by atoms with van der Waals surface area (Å²) >= 11 is 2.92. The Hall–Kier alpha value is -2.91. The van der Waals surface area contributed by atoms with Crippen molar-refractivity contribution < 1.29 is 4.79 Å². The van der Waals surface area contributed by atoms with Gasteiger partial charge in [-0.2, -0.15) is 9.50 Å². The zero-order valence-electron chi connectivity index (χ0n) is 16.6. The Morgan fingerprint density at radius 3 is 2.83 bits per heavy atom. The number of carbonyl (C=O) groups is 1. The summed E-state index contributed by atoms with van der Waals surface area (Å²) in [7, 11) is 0. The lowest BCUT2D eigenvalue weighted by Crippen LogP contribution is -2.22. The molecule has 30 heavy (non-hydrogen) atoms. The lowest BCUT2D eigenvalue weighted by atomic mass is 10.2. The van der Waals surface area contributed by atoms with Gasteiger partial charge >= 0.3 is 0 Å². The molecule has 154 valence electrons. The van der Waals surface area contributed by atoms with Crippen LogP contribution in [0.3, 0.4) is 0 Å². The molecule has 0 spiro atoms. The number of amides is 1. The SMILES string of the molecule is CC(C)Cn1cnc2nc(CSc3ccccc3NC(=O)c3cccs3)cc(=O)n21. The number of rotatable bonds is 7. The molecule has 0 fully saturated rings. The van der Waals surface area contributed by atoms with Crippen LogP contribution in [0.5, 0.6) is 0 Å². The van der Waals surface area contributed by atoms with Gasteiger partial charge in [0.15, 0.2) is 0 Å². The van der Waals surface area contributed by atoms with Crippen molar-refractivity contribution >= 4 is 40.5 Å². The number of nitrogens with zero attached hydrogens (tertiary/aromatic N) is 4. The van der Waals surface area contributed by atoms with E-state index in [-0.39, 0.29) is 11.5 Å². The van der Waals surface area contributed by atoms with Crippen LogP contribution in [0.4, 0.5) is 5.69 Å². The van der Waals surface area contributed by atoms with Crippen LogP contribution in [0.25, 0.3) is 5.78 Å². The number of fused-ring (bicyclic) bond motifs is 1. The van der Waals surface area contributed by atoms with Gasteiger partial charge in [0.1, 0.15) is 6.33 Å². The summed E-state index contributed by atoms with van der Waals surface area (Å²) in [5.74, 6) is 1.16. The van der Waals surface area contributed by atoms with E-state index in [9.17, 15) is 9.59 Å². The van der Waals surface area contributed by atoms with Crippen molar-refractivity contribution in [1.29, 1.82) is 0 Å². The van der Waals surface area contributed by atoms with E-state index in [2.05, 4.69) is 29.1 Å². The Balaban J connectivity index is 1.52. The van der Waals surface area contributed by atoms with E-state index >= 15 is 0 Å². The average molecular weight is 440 g/mol. The van der Waals surface area contributed by atoms with Gasteiger partial charge in [-0.3, -0.25) is 14.3 Å². The first kappa shape index (κ1) is 20.4. The molecule has 4 aromatic rings. The van der Waals surface area contributed by atoms with Crippen LogP contribution in [-0.2, 0) is 12.3 Å². The zero-order chi connectivity index (χ0) is 21.1. The van der Waals surface area contributed by atoms with Gasteiger partial charge in [-0.15, -0.1) is 23.1 Å². The van der Waals surface area contributed by atoms with E-state index < -0.39 is 0 Å². The summed E-state index contributed by atoms with van der Waals surface area (Å²) in [6.45, 7) is 4.87. The molecular weight excluding hydrogens is 418 g/mol. The Labute approximate surface area is 181 Å². The highest BCUT2D eigenvalue weighted by Gasteiger charge is 2.12. The summed E-state index contributed by atoms with van der Waals surface area (Å²) in [5.41, 5.74) is 1.24. The zero-order valence-corrected chi connectivity index (χ0v) is 18.2. The van der Waals surface area contributed by atoms with E-state index in [4.69, 9.17) is 0 Å². The molecule has 0 bridgehead atoms. The Morgan fingerprint density at radius 2 is 2.07 bits per heavy atom. The van der Waals surface area contributed by atoms with Crippen molar-refractivity contribution in [2.45, 2.75) is 31.0 Å². The maximum Gasteiger partial charge on any atom is 0.274 e. The Kier molecular flexibility index (Phi) is 6.01. The van der Waals surface area contributed by atoms with Gasteiger partial charge in [0, 0.05) is 23.3 Å². The number of para-hydroxylation sites is 1. The highest BCUT2D eigenvalue weighted by atomic mass is 32.2. The van der Waals surface area contributed by atoms with Crippen LogP contribution in [0.15, 0.2) is 63.9 Å². The molecule has 1 aromatic carbocycles. The lowest BCUT2D eigenvalue weighted by molar-refractivity contribution is 0.103. The second-order valence-electron chi connectivity index (χ2n) is 7.17. The second-order valence-corrected chi connectivity index (χ2v) is 9.14. The normalized spacial score (nSPS) is 11.3.